The molecular weight excluding hydrogens is 282 g/mol. The predicted molar refractivity (Wildman–Crippen MR) is 74.3 cm³/mol. The predicted octanol–water partition coefficient (Wildman–Crippen LogP) is 2.29. The third-order valence-corrected chi connectivity index (χ3v) is 3.67. The van der Waals surface area contributed by atoms with Gasteiger partial charge in [-0.3, -0.25) is 9.59 Å². The van der Waals surface area contributed by atoms with Gasteiger partial charge in [-0.25, -0.2) is 0 Å². The Bertz CT molecular complexity index is 532. The summed E-state index contributed by atoms with van der Waals surface area (Å²) in [6.45, 7) is 1.04. The largest absolute Gasteiger partial charge is 0.496 e. The van der Waals surface area contributed by atoms with Gasteiger partial charge in [0.2, 0.25) is 0 Å². The average Bonchev–Trinajstić information content (AvgIpc) is 2.85. The maximum Gasteiger partial charge on any atom is 0.303 e. The molecule has 1 atom stereocenters. The average molecular weight is 298 g/mol. The molecule has 5 nitrogen and oxygen atoms in total. The lowest BCUT2D eigenvalue weighted by molar-refractivity contribution is -0.138. The number of carbonyl (C=O) groups is 2. The van der Waals surface area contributed by atoms with Crippen molar-refractivity contribution in [3.63, 3.8) is 0 Å². The van der Waals surface area contributed by atoms with E-state index in [-0.39, 0.29) is 18.2 Å². The molecule has 1 N–H and O–H groups in total. The maximum absolute atomic E-state index is 12.4. The van der Waals surface area contributed by atoms with Gasteiger partial charge in [0.15, 0.2) is 0 Å². The normalized spacial score (nSPS) is 18.1. The van der Waals surface area contributed by atoms with E-state index in [2.05, 4.69) is 0 Å². The molecule has 2 rings (SSSR count). The number of hydrogen-bond donors (Lipinski definition) is 1. The van der Waals surface area contributed by atoms with Crippen LogP contribution in [0.1, 0.15) is 23.2 Å². The fourth-order valence-electron chi connectivity index (χ4n) is 2.44. The van der Waals surface area contributed by atoms with Crippen LogP contribution in [0.4, 0.5) is 0 Å². The second kappa shape index (κ2) is 6.13. The van der Waals surface area contributed by atoms with Gasteiger partial charge in [0.1, 0.15) is 5.75 Å². The summed E-state index contributed by atoms with van der Waals surface area (Å²) in [4.78, 5) is 24.8. The van der Waals surface area contributed by atoms with Crippen molar-refractivity contribution in [1.29, 1.82) is 0 Å². The van der Waals surface area contributed by atoms with Crippen LogP contribution >= 0.6 is 11.6 Å². The Hall–Kier alpha value is -1.75. The van der Waals surface area contributed by atoms with E-state index in [1.54, 1.807) is 23.1 Å². The van der Waals surface area contributed by atoms with Crippen molar-refractivity contribution in [3.05, 3.63) is 28.8 Å². The zero-order chi connectivity index (χ0) is 14.7. The summed E-state index contributed by atoms with van der Waals surface area (Å²) in [7, 11) is 1.49. The topological polar surface area (TPSA) is 66.8 Å². The number of halogens is 1. The van der Waals surface area contributed by atoms with E-state index >= 15 is 0 Å². The summed E-state index contributed by atoms with van der Waals surface area (Å²) >= 11 is 5.87. The van der Waals surface area contributed by atoms with E-state index in [1.165, 1.54) is 7.11 Å². The zero-order valence-corrected chi connectivity index (χ0v) is 11.9. The summed E-state index contributed by atoms with van der Waals surface area (Å²) < 4.78 is 5.17. The smallest absolute Gasteiger partial charge is 0.303 e. The van der Waals surface area contributed by atoms with E-state index in [1.807, 2.05) is 0 Å². The monoisotopic (exact) mass is 297 g/mol. The van der Waals surface area contributed by atoms with Gasteiger partial charge in [0.25, 0.3) is 5.91 Å². The fourth-order valence-corrected chi connectivity index (χ4v) is 2.60. The van der Waals surface area contributed by atoms with Gasteiger partial charge in [-0.1, -0.05) is 11.6 Å². The van der Waals surface area contributed by atoms with Crippen molar-refractivity contribution in [3.8, 4) is 5.75 Å². The third-order valence-electron chi connectivity index (χ3n) is 3.43. The first-order chi connectivity index (χ1) is 9.51. The van der Waals surface area contributed by atoms with Gasteiger partial charge >= 0.3 is 5.97 Å². The van der Waals surface area contributed by atoms with Gasteiger partial charge in [0.05, 0.1) is 12.7 Å². The molecule has 0 saturated carbocycles. The van der Waals surface area contributed by atoms with Crippen molar-refractivity contribution in [2.24, 2.45) is 5.92 Å². The van der Waals surface area contributed by atoms with Crippen LogP contribution in [-0.2, 0) is 4.79 Å². The molecule has 0 radical (unpaired) electrons. The van der Waals surface area contributed by atoms with Crippen LogP contribution in [0.5, 0.6) is 5.75 Å². The number of hydrogen-bond acceptors (Lipinski definition) is 3. The highest BCUT2D eigenvalue weighted by molar-refractivity contribution is 6.30. The number of carboxylic acid groups (broad SMARTS) is 1. The van der Waals surface area contributed by atoms with E-state index in [0.717, 1.165) is 0 Å². The van der Waals surface area contributed by atoms with E-state index < -0.39 is 5.97 Å². The molecule has 1 aromatic carbocycles. The number of likely N-dealkylation sites (tertiary alicyclic amines) is 1. The van der Waals surface area contributed by atoms with Gasteiger partial charge < -0.3 is 14.7 Å². The molecular formula is C14H16ClNO4. The summed E-state index contributed by atoms with van der Waals surface area (Å²) in [6, 6.07) is 4.87. The van der Waals surface area contributed by atoms with Crippen molar-refractivity contribution in [2.45, 2.75) is 12.8 Å². The first-order valence-corrected chi connectivity index (χ1v) is 6.73. The number of rotatable bonds is 4. The second-order valence-electron chi connectivity index (χ2n) is 4.85. The first kappa shape index (κ1) is 14.7. The van der Waals surface area contributed by atoms with Crippen LogP contribution in [0.25, 0.3) is 0 Å². The Morgan fingerprint density at radius 1 is 1.50 bits per heavy atom. The summed E-state index contributed by atoms with van der Waals surface area (Å²) in [5.41, 5.74) is 0.452. The van der Waals surface area contributed by atoms with Crippen LogP contribution in [0.2, 0.25) is 5.02 Å². The van der Waals surface area contributed by atoms with Gasteiger partial charge in [-0.05, 0) is 30.5 Å². The number of carboxylic acids is 1. The van der Waals surface area contributed by atoms with Crippen LogP contribution < -0.4 is 4.74 Å². The SMILES string of the molecule is COc1cc(Cl)ccc1C(=O)N1CCC(CC(=O)O)C1. The molecule has 1 aliphatic heterocycles. The number of aliphatic carboxylic acids is 1. The van der Waals surface area contributed by atoms with Crippen molar-refractivity contribution < 1.29 is 19.4 Å². The molecule has 1 fully saturated rings. The van der Waals surface area contributed by atoms with Crippen LogP contribution in [0.15, 0.2) is 18.2 Å². The second-order valence-corrected chi connectivity index (χ2v) is 5.28. The standard InChI is InChI=1S/C14H16ClNO4/c1-20-12-7-10(15)2-3-11(12)14(19)16-5-4-9(8-16)6-13(17)18/h2-3,7,9H,4-6,8H2,1H3,(H,17,18). The molecule has 108 valence electrons. The highest BCUT2D eigenvalue weighted by atomic mass is 35.5. The minimum atomic E-state index is -0.826. The van der Waals surface area contributed by atoms with Crippen molar-refractivity contribution >= 4 is 23.5 Å². The maximum atomic E-state index is 12.4. The lowest BCUT2D eigenvalue weighted by Gasteiger charge is -2.18. The minimum Gasteiger partial charge on any atom is -0.496 e. The zero-order valence-electron chi connectivity index (χ0n) is 11.1. The Morgan fingerprint density at radius 3 is 2.90 bits per heavy atom. The first-order valence-electron chi connectivity index (χ1n) is 6.36. The Morgan fingerprint density at radius 2 is 2.25 bits per heavy atom. The molecule has 1 heterocycles. The summed E-state index contributed by atoms with van der Waals surface area (Å²) in [5.74, 6) is -0.515. The lowest BCUT2D eigenvalue weighted by atomic mass is 10.1. The van der Waals surface area contributed by atoms with E-state index in [0.29, 0.717) is 35.8 Å². The molecule has 1 aliphatic rings. The molecule has 0 spiro atoms. The molecule has 6 heteroatoms. The Balaban J connectivity index is 2.11. The Kier molecular flexibility index (Phi) is 4.49. The van der Waals surface area contributed by atoms with Crippen LogP contribution in [0, 0.1) is 5.92 Å². The molecule has 20 heavy (non-hydrogen) atoms. The minimum absolute atomic E-state index is 0.0229. The van der Waals surface area contributed by atoms with Gasteiger partial charge in [-0.15, -0.1) is 0 Å². The lowest BCUT2D eigenvalue weighted by Crippen LogP contribution is -2.29. The highest BCUT2D eigenvalue weighted by Gasteiger charge is 2.29. The number of methoxy groups -OCH3 is 1. The Labute approximate surface area is 122 Å². The molecule has 1 amide bonds. The highest BCUT2D eigenvalue weighted by Crippen LogP contribution is 2.27. The number of nitrogens with zero attached hydrogens (tertiary/aromatic N) is 1. The van der Waals surface area contributed by atoms with Crippen molar-refractivity contribution in [2.75, 3.05) is 20.2 Å². The number of amides is 1. The molecule has 0 aliphatic carbocycles. The summed E-state index contributed by atoms with van der Waals surface area (Å²) in [6.07, 6.45) is 0.815. The molecule has 0 bridgehead atoms. The number of carbonyl (C=O) groups excluding carboxylic acids is 1. The van der Waals surface area contributed by atoms with Gasteiger partial charge in [0, 0.05) is 24.5 Å². The fraction of sp³-hybridized carbons (Fsp3) is 0.429. The molecule has 1 aromatic rings. The van der Waals surface area contributed by atoms with Crippen LogP contribution in [-0.4, -0.2) is 42.1 Å². The molecule has 1 unspecified atom stereocenters. The number of benzene rings is 1. The molecule has 1 saturated heterocycles. The number of ether oxygens (including phenoxy) is 1. The third kappa shape index (κ3) is 3.22. The van der Waals surface area contributed by atoms with Crippen LogP contribution in [0.3, 0.4) is 0 Å². The van der Waals surface area contributed by atoms with E-state index in [4.69, 9.17) is 21.4 Å². The quantitative estimate of drug-likeness (QED) is 0.926. The summed E-state index contributed by atoms with van der Waals surface area (Å²) in [5, 5.41) is 9.29. The van der Waals surface area contributed by atoms with E-state index in [9.17, 15) is 9.59 Å². The van der Waals surface area contributed by atoms with Crippen molar-refractivity contribution in [1.82, 2.24) is 4.90 Å². The van der Waals surface area contributed by atoms with Gasteiger partial charge in [-0.2, -0.15) is 0 Å². The molecule has 0 aromatic heterocycles.